The molecule has 0 amide bonds. The molecule has 1 heterocycles. The standard InChI is InChI=1S/C10H13NO6S2/c1-3-6(9(12)13)11-19(15,16)7-4-5-18-8(7)10(14)17-2/h4-6,11H,3H2,1-2H3,(H,12,13). The van der Waals surface area contributed by atoms with Crippen LogP contribution in [0.3, 0.4) is 0 Å². The molecule has 0 spiro atoms. The lowest BCUT2D eigenvalue weighted by atomic mass is 10.2. The fourth-order valence-electron chi connectivity index (χ4n) is 1.31. The average Bonchev–Trinajstić information content (AvgIpc) is 2.84. The first-order valence-electron chi connectivity index (χ1n) is 5.24. The van der Waals surface area contributed by atoms with Crippen molar-refractivity contribution in [2.45, 2.75) is 24.3 Å². The second-order valence-corrected chi connectivity index (χ2v) is 6.12. The Morgan fingerprint density at radius 2 is 2.16 bits per heavy atom. The molecule has 0 fully saturated rings. The fraction of sp³-hybridized carbons (Fsp3) is 0.400. The summed E-state index contributed by atoms with van der Waals surface area (Å²) in [6, 6.07) is -0.0104. The van der Waals surface area contributed by atoms with Gasteiger partial charge in [0, 0.05) is 0 Å². The van der Waals surface area contributed by atoms with Crippen molar-refractivity contribution >= 4 is 33.3 Å². The first-order valence-corrected chi connectivity index (χ1v) is 7.60. The molecule has 9 heteroatoms. The van der Waals surface area contributed by atoms with Crippen molar-refractivity contribution in [2.24, 2.45) is 0 Å². The average molecular weight is 307 g/mol. The minimum Gasteiger partial charge on any atom is -0.480 e. The summed E-state index contributed by atoms with van der Waals surface area (Å²) in [5, 5.41) is 10.3. The largest absolute Gasteiger partial charge is 0.480 e. The van der Waals surface area contributed by atoms with Gasteiger partial charge in [0.05, 0.1) is 7.11 Å². The molecule has 0 aliphatic carbocycles. The number of aliphatic carboxylic acids is 1. The van der Waals surface area contributed by atoms with Gasteiger partial charge in [0.2, 0.25) is 10.0 Å². The molecule has 0 radical (unpaired) electrons. The van der Waals surface area contributed by atoms with Gasteiger partial charge in [0.1, 0.15) is 15.8 Å². The predicted octanol–water partition coefficient (Wildman–Crippen LogP) is 0.676. The van der Waals surface area contributed by atoms with Crippen LogP contribution in [0.2, 0.25) is 0 Å². The molecule has 0 aliphatic heterocycles. The van der Waals surface area contributed by atoms with Crippen molar-refractivity contribution in [1.82, 2.24) is 4.72 Å². The Morgan fingerprint density at radius 3 is 2.63 bits per heavy atom. The van der Waals surface area contributed by atoms with Crippen LogP contribution in [0.4, 0.5) is 0 Å². The molecule has 7 nitrogen and oxygen atoms in total. The van der Waals surface area contributed by atoms with Gasteiger partial charge < -0.3 is 9.84 Å². The number of carbonyl (C=O) groups excluding carboxylic acids is 1. The Balaban J connectivity index is 3.11. The normalized spacial score (nSPS) is 12.9. The Labute approximate surface area is 114 Å². The molecule has 1 aromatic rings. The zero-order valence-corrected chi connectivity index (χ0v) is 11.9. The van der Waals surface area contributed by atoms with Gasteiger partial charge >= 0.3 is 11.9 Å². The number of hydrogen-bond donors (Lipinski definition) is 2. The van der Waals surface area contributed by atoms with E-state index >= 15 is 0 Å². The Bertz CT molecular complexity index is 577. The van der Waals surface area contributed by atoms with Crippen molar-refractivity contribution in [3.8, 4) is 0 Å². The van der Waals surface area contributed by atoms with E-state index in [9.17, 15) is 18.0 Å². The number of esters is 1. The highest BCUT2D eigenvalue weighted by Crippen LogP contribution is 2.23. The molecular weight excluding hydrogens is 294 g/mol. The quantitative estimate of drug-likeness (QED) is 0.748. The number of carboxylic acids is 1. The Kier molecular flexibility index (Phi) is 5.04. The summed E-state index contributed by atoms with van der Waals surface area (Å²) in [6.07, 6.45) is 0.0895. The van der Waals surface area contributed by atoms with Gasteiger partial charge in [0.25, 0.3) is 0 Å². The zero-order valence-electron chi connectivity index (χ0n) is 10.2. The van der Waals surface area contributed by atoms with Gasteiger partial charge in [-0.3, -0.25) is 4.79 Å². The maximum Gasteiger partial charge on any atom is 0.349 e. The number of carbonyl (C=O) groups is 2. The summed E-state index contributed by atoms with van der Waals surface area (Å²) < 4.78 is 30.6. The zero-order chi connectivity index (χ0) is 14.6. The van der Waals surface area contributed by atoms with Gasteiger partial charge in [-0.15, -0.1) is 11.3 Å². The monoisotopic (exact) mass is 307 g/mol. The van der Waals surface area contributed by atoms with E-state index in [-0.39, 0.29) is 16.2 Å². The van der Waals surface area contributed by atoms with Gasteiger partial charge in [-0.25, -0.2) is 13.2 Å². The molecule has 0 aliphatic rings. The third kappa shape index (κ3) is 3.52. The third-order valence-electron chi connectivity index (χ3n) is 2.29. The van der Waals surface area contributed by atoms with Crippen molar-refractivity contribution < 1.29 is 27.9 Å². The van der Waals surface area contributed by atoms with Gasteiger partial charge in [-0.05, 0) is 17.9 Å². The predicted molar refractivity (Wildman–Crippen MR) is 67.7 cm³/mol. The van der Waals surface area contributed by atoms with Crippen LogP contribution in [0.15, 0.2) is 16.3 Å². The van der Waals surface area contributed by atoms with E-state index in [2.05, 4.69) is 4.74 Å². The van der Waals surface area contributed by atoms with E-state index in [4.69, 9.17) is 5.11 Å². The lowest BCUT2D eigenvalue weighted by molar-refractivity contribution is -0.139. The van der Waals surface area contributed by atoms with Crippen LogP contribution >= 0.6 is 11.3 Å². The molecule has 2 N–H and O–H groups in total. The summed E-state index contributed by atoms with van der Waals surface area (Å²) in [5.74, 6) is -2.06. The molecule has 106 valence electrons. The summed E-state index contributed by atoms with van der Waals surface area (Å²) in [6.45, 7) is 1.54. The maximum atomic E-state index is 12.0. The molecule has 0 bridgehead atoms. The summed E-state index contributed by atoms with van der Waals surface area (Å²) in [4.78, 5) is 21.9. The topological polar surface area (TPSA) is 110 Å². The van der Waals surface area contributed by atoms with Crippen molar-refractivity contribution in [1.29, 1.82) is 0 Å². The minimum absolute atomic E-state index is 0.0877. The molecule has 1 unspecified atom stereocenters. The summed E-state index contributed by atoms with van der Waals surface area (Å²) in [7, 11) is -2.94. The first-order chi connectivity index (χ1) is 8.83. The van der Waals surface area contributed by atoms with Crippen LogP contribution in [-0.2, 0) is 19.6 Å². The van der Waals surface area contributed by atoms with Gasteiger partial charge in [-0.2, -0.15) is 4.72 Å². The van der Waals surface area contributed by atoms with Crippen molar-refractivity contribution in [3.63, 3.8) is 0 Å². The number of methoxy groups -OCH3 is 1. The van der Waals surface area contributed by atoms with Crippen LogP contribution < -0.4 is 4.72 Å². The summed E-state index contributed by atoms with van der Waals surface area (Å²) >= 11 is 0.911. The number of ether oxygens (including phenoxy) is 1. The Hall–Kier alpha value is -1.45. The molecule has 1 rings (SSSR count). The number of thiophene rings is 1. The fourth-order valence-corrected chi connectivity index (χ4v) is 3.92. The number of carboxylic acid groups (broad SMARTS) is 1. The molecular formula is C10H13NO6S2. The molecule has 0 saturated heterocycles. The number of rotatable bonds is 6. The van der Waals surface area contributed by atoms with Crippen LogP contribution in [0, 0.1) is 0 Å². The highest BCUT2D eigenvalue weighted by Gasteiger charge is 2.28. The van der Waals surface area contributed by atoms with Gasteiger partial charge in [0.15, 0.2) is 0 Å². The molecule has 1 atom stereocenters. The van der Waals surface area contributed by atoms with Crippen LogP contribution in [0.5, 0.6) is 0 Å². The van der Waals surface area contributed by atoms with E-state index < -0.39 is 28.0 Å². The van der Waals surface area contributed by atoms with Crippen LogP contribution in [-0.4, -0.2) is 38.6 Å². The maximum absolute atomic E-state index is 12.0. The van der Waals surface area contributed by atoms with E-state index in [1.165, 1.54) is 18.4 Å². The van der Waals surface area contributed by atoms with Crippen molar-refractivity contribution in [2.75, 3.05) is 7.11 Å². The van der Waals surface area contributed by atoms with Crippen molar-refractivity contribution in [3.05, 3.63) is 16.3 Å². The van der Waals surface area contributed by atoms with E-state index in [1.807, 2.05) is 4.72 Å². The highest BCUT2D eigenvalue weighted by atomic mass is 32.2. The highest BCUT2D eigenvalue weighted by molar-refractivity contribution is 7.89. The van der Waals surface area contributed by atoms with Crippen LogP contribution in [0.1, 0.15) is 23.0 Å². The van der Waals surface area contributed by atoms with E-state index in [0.717, 1.165) is 18.4 Å². The second-order valence-electron chi connectivity index (χ2n) is 3.53. The lowest BCUT2D eigenvalue weighted by Crippen LogP contribution is -2.40. The van der Waals surface area contributed by atoms with Gasteiger partial charge in [-0.1, -0.05) is 6.92 Å². The lowest BCUT2D eigenvalue weighted by Gasteiger charge is -2.12. The number of sulfonamides is 1. The molecule has 1 aromatic heterocycles. The number of hydrogen-bond acceptors (Lipinski definition) is 6. The SMILES string of the molecule is CCC(NS(=O)(=O)c1ccsc1C(=O)OC)C(=O)O. The Morgan fingerprint density at radius 1 is 1.53 bits per heavy atom. The first kappa shape index (κ1) is 15.6. The molecule has 0 saturated carbocycles. The minimum atomic E-state index is -4.08. The van der Waals surface area contributed by atoms with E-state index in [1.54, 1.807) is 0 Å². The van der Waals surface area contributed by atoms with E-state index in [0.29, 0.717) is 0 Å². The smallest absolute Gasteiger partial charge is 0.349 e. The molecule has 0 aromatic carbocycles. The number of nitrogens with one attached hydrogen (secondary N) is 1. The molecule has 19 heavy (non-hydrogen) atoms. The van der Waals surface area contributed by atoms with Crippen LogP contribution in [0.25, 0.3) is 0 Å². The third-order valence-corrected chi connectivity index (χ3v) is 4.83. The second kappa shape index (κ2) is 6.13. The summed E-state index contributed by atoms with van der Waals surface area (Å²) in [5.41, 5.74) is 0.